The van der Waals surface area contributed by atoms with Crippen molar-refractivity contribution >= 4 is 21.7 Å². The molecule has 0 saturated carbocycles. The van der Waals surface area contributed by atoms with Crippen LogP contribution >= 0.6 is 15.9 Å². The van der Waals surface area contributed by atoms with E-state index in [4.69, 9.17) is 0 Å². The molecule has 1 N–H and O–H groups in total. The third-order valence-corrected chi connectivity index (χ3v) is 3.77. The predicted molar refractivity (Wildman–Crippen MR) is 82.5 cm³/mol. The number of nitrogens with one attached hydrogen (secondary N) is 1. The first-order valence-corrected chi connectivity index (χ1v) is 7.39. The Labute approximate surface area is 131 Å². The Morgan fingerprint density at radius 1 is 1.14 bits per heavy atom. The van der Waals surface area contributed by atoms with Crippen LogP contribution in [0, 0.1) is 11.6 Å². The molecule has 0 aliphatic carbocycles. The average molecular weight is 356 g/mol. The van der Waals surface area contributed by atoms with Crippen LogP contribution in [-0.2, 0) is 6.42 Å². The van der Waals surface area contributed by atoms with Gasteiger partial charge in [0.2, 0.25) is 0 Å². The summed E-state index contributed by atoms with van der Waals surface area (Å²) in [7, 11) is 1.77. The van der Waals surface area contributed by atoms with Gasteiger partial charge in [-0.1, -0.05) is 13.8 Å². The fourth-order valence-electron chi connectivity index (χ4n) is 2.04. The monoisotopic (exact) mass is 355 g/mol. The van der Waals surface area contributed by atoms with Crippen molar-refractivity contribution in [2.75, 3.05) is 12.4 Å². The van der Waals surface area contributed by atoms with Gasteiger partial charge in [0.15, 0.2) is 0 Å². The fraction of sp³-hybridized carbons (Fsp3) is 0.333. The molecule has 1 aromatic carbocycles. The third kappa shape index (κ3) is 3.75. The zero-order chi connectivity index (χ0) is 15.6. The molecule has 2 aromatic rings. The number of rotatable bonds is 4. The Kier molecular flexibility index (Phi) is 4.88. The van der Waals surface area contributed by atoms with Crippen molar-refractivity contribution in [2.45, 2.75) is 26.2 Å². The van der Waals surface area contributed by atoms with Crippen molar-refractivity contribution < 1.29 is 8.78 Å². The molecule has 2 rings (SSSR count). The van der Waals surface area contributed by atoms with Gasteiger partial charge in [-0.2, -0.15) is 0 Å². The van der Waals surface area contributed by atoms with E-state index in [0.29, 0.717) is 17.2 Å². The molecule has 21 heavy (non-hydrogen) atoms. The summed E-state index contributed by atoms with van der Waals surface area (Å²) in [6.07, 6.45) is 0.274. The zero-order valence-electron chi connectivity index (χ0n) is 12.0. The molecule has 0 bridgehead atoms. The van der Waals surface area contributed by atoms with E-state index in [-0.39, 0.29) is 12.3 Å². The minimum atomic E-state index is -0.597. The first kappa shape index (κ1) is 15.8. The van der Waals surface area contributed by atoms with E-state index in [0.717, 1.165) is 16.2 Å². The van der Waals surface area contributed by atoms with Gasteiger partial charge in [-0.15, -0.1) is 0 Å². The second kappa shape index (κ2) is 6.47. The van der Waals surface area contributed by atoms with Crippen LogP contribution in [0.5, 0.6) is 0 Å². The maximum absolute atomic E-state index is 13.2. The molecular weight excluding hydrogens is 340 g/mol. The van der Waals surface area contributed by atoms with E-state index >= 15 is 0 Å². The molecule has 1 aromatic heterocycles. The topological polar surface area (TPSA) is 37.8 Å². The molecular formula is C15H16BrF2N3. The molecule has 112 valence electrons. The normalized spacial score (nSPS) is 11.0. The van der Waals surface area contributed by atoms with Crippen LogP contribution in [0.25, 0.3) is 0 Å². The number of anilines is 1. The molecule has 0 amide bonds. The lowest BCUT2D eigenvalue weighted by Crippen LogP contribution is -2.07. The van der Waals surface area contributed by atoms with Crippen LogP contribution in [0.2, 0.25) is 0 Å². The van der Waals surface area contributed by atoms with Crippen molar-refractivity contribution in [1.29, 1.82) is 0 Å². The van der Waals surface area contributed by atoms with Crippen molar-refractivity contribution in [3.05, 3.63) is 51.4 Å². The Morgan fingerprint density at radius 3 is 2.29 bits per heavy atom. The van der Waals surface area contributed by atoms with Gasteiger partial charge in [-0.25, -0.2) is 18.7 Å². The highest BCUT2D eigenvalue weighted by molar-refractivity contribution is 9.10. The first-order valence-electron chi connectivity index (χ1n) is 6.59. The summed E-state index contributed by atoms with van der Waals surface area (Å²) >= 11 is 3.48. The zero-order valence-corrected chi connectivity index (χ0v) is 13.6. The lowest BCUT2D eigenvalue weighted by Gasteiger charge is -2.13. The van der Waals surface area contributed by atoms with E-state index in [1.54, 1.807) is 7.05 Å². The first-order chi connectivity index (χ1) is 9.90. The highest BCUT2D eigenvalue weighted by Gasteiger charge is 2.15. The largest absolute Gasteiger partial charge is 0.372 e. The Balaban J connectivity index is 2.42. The summed E-state index contributed by atoms with van der Waals surface area (Å²) in [6, 6.07) is 3.44. The maximum Gasteiger partial charge on any atom is 0.144 e. The van der Waals surface area contributed by atoms with Gasteiger partial charge in [-0.3, -0.25) is 0 Å². The molecule has 0 spiro atoms. The molecule has 1 heterocycles. The lowest BCUT2D eigenvalue weighted by molar-refractivity contribution is 0.580. The summed E-state index contributed by atoms with van der Waals surface area (Å²) in [5.41, 5.74) is 1.37. The standard InChI is InChI=1S/C15H16BrF2N3/c1-8(2)14-13(16)15(19-3)21-12(20-14)6-9-4-10(17)7-11(18)5-9/h4-5,7-8H,6H2,1-3H3,(H,19,20,21). The van der Waals surface area contributed by atoms with E-state index in [1.807, 2.05) is 13.8 Å². The highest BCUT2D eigenvalue weighted by atomic mass is 79.9. The second-order valence-electron chi connectivity index (χ2n) is 5.05. The van der Waals surface area contributed by atoms with Crippen molar-refractivity contribution in [1.82, 2.24) is 9.97 Å². The van der Waals surface area contributed by atoms with Gasteiger partial charge >= 0.3 is 0 Å². The number of halogens is 3. The van der Waals surface area contributed by atoms with Gasteiger partial charge in [0.25, 0.3) is 0 Å². The van der Waals surface area contributed by atoms with Gasteiger partial charge in [-0.05, 0) is 39.5 Å². The molecule has 0 atom stereocenters. The third-order valence-electron chi connectivity index (χ3n) is 2.99. The van der Waals surface area contributed by atoms with E-state index in [9.17, 15) is 8.78 Å². The maximum atomic E-state index is 13.2. The van der Waals surface area contributed by atoms with Crippen molar-refractivity contribution in [3.63, 3.8) is 0 Å². The second-order valence-corrected chi connectivity index (χ2v) is 5.84. The molecule has 0 fully saturated rings. The number of aromatic nitrogens is 2. The molecule has 3 nitrogen and oxygen atoms in total. The Morgan fingerprint density at radius 2 is 1.76 bits per heavy atom. The molecule has 6 heteroatoms. The van der Waals surface area contributed by atoms with E-state index in [2.05, 4.69) is 31.2 Å². The predicted octanol–water partition coefficient (Wildman–Crippen LogP) is 4.27. The van der Waals surface area contributed by atoms with Crippen molar-refractivity contribution in [2.24, 2.45) is 0 Å². The summed E-state index contributed by atoms with van der Waals surface area (Å²) in [6.45, 7) is 4.05. The Hall–Kier alpha value is -1.56. The van der Waals surface area contributed by atoms with Gasteiger partial charge in [0, 0.05) is 19.5 Å². The molecule has 0 radical (unpaired) electrons. The summed E-state index contributed by atoms with van der Waals surface area (Å²) in [5.74, 6) is 0.203. The van der Waals surface area contributed by atoms with Crippen LogP contribution in [0.3, 0.4) is 0 Å². The van der Waals surface area contributed by atoms with E-state index < -0.39 is 11.6 Å². The molecule has 0 unspecified atom stereocenters. The van der Waals surface area contributed by atoms with Crippen LogP contribution in [0.1, 0.15) is 36.8 Å². The van der Waals surface area contributed by atoms with E-state index in [1.165, 1.54) is 12.1 Å². The Bertz CT molecular complexity index is 639. The van der Waals surface area contributed by atoms with Crippen LogP contribution in [0.15, 0.2) is 22.7 Å². The quantitative estimate of drug-likeness (QED) is 0.889. The minimum Gasteiger partial charge on any atom is -0.372 e. The number of benzene rings is 1. The van der Waals surface area contributed by atoms with Crippen LogP contribution < -0.4 is 5.32 Å². The summed E-state index contributed by atoms with van der Waals surface area (Å²) in [4.78, 5) is 8.87. The molecule has 0 saturated heterocycles. The average Bonchev–Trinajstić information content (AvgIpc) is 2.39. The number of nitrogens with zero attached hydrogens (tertiary/aromatic N) is 2. The van der Waals surface area contributed by atoms with Gasteiger partial charge < -0.3 is 5.32 Å². The summed E-state index contributed by atoms with van der Waals surface area (Å²) in [5, 5.41) is 2.99. The van der Waals surface area contributed by atoms with Crippen molar-refractivity contribution in [3.8, 4) is 0 Å². The highest BCUT2D eigenvalue weighted by Crippen LogP contribution is 2.29. The lowest BCUT2D eigenvalue weighted by atomic mass is 10.1. The minimum absolute atomic E-state index is 0.206. The number of hydrogen-bond acceptors (Lipinski definition) is 3. The molecule has 0 aliphatic heterocycles. The fourth-order valence-corrected chi connectivity index (χ4v) is 2.87. The van der Waals surface area contributed by atoms with Gasteiger partial charge in [0.1, 0.15) is 23.3 Å². The van der Waals surface area contributed by atoms with Gasteiger partial charge in [0.05, 0.1) is 10.2 Å². The number of hydrogen-bond donors (Lipinski definition) is 1. The molecule has 0 aliphatic rings. The van der Waals surface area contributed by atoms with Crippen LogP contribution in [0.4, 0.5) is 14.6 Å². The van der Waals surface area contributed by atoms with Crippen LogP contribution in [-0.4, -0.2) is 17.0 Å². The smallest absolute Gasteiger partial charge is 0.144 e. The summed E-state index contributed by atoms with van der Waals surface area (Å²) < 4.78 is 27.3. The SMILES string of the molecule is CNc1nc(Cc2cc(F)cc(F)c2)nc(C(C)C)c1Br.